The molecule has 67 heavy (non-hydrogen) atoms. The summed E-state index contributed by atoms with van der Waals surface area (Å²) >= 11 is 3.17. The summed E-state index contributed by atoms with van der Waals surface area (Å²) < 4.78 is 1.93. The van der Waals surface area contributed by atoms with Crippen LogP contribution in [0.1, 0.15) is 98.3 Å². The summed E-state index contributed by atoms with van der Waals surface area (Å²) in [5, 5.41) is 36.2. The molecule has 3 aromatic heterocycles. The van der Waals surface area contributed by atoms with Crippen LogP contribution in [0.5, 0.6) is 0 Å². The summed E-state index contributed by atoms with van der Waals surface area (Å²) in [6.07, 6.45) is -1.10. The molecule has 5 atom stereocenters. The van der Waals surface area contributed by atoms with Crippen LogP contribution < -0.4 is 10.6 Å². The zero-order valence-corrected chi connectivity index (χ0v) is 39.1. The Labute approximate surface area is 395 Å². The highest BCUT2D eigenvalue weighted by Gasteiger charge is 2.42. The highest BCUT2D eigenvalue weighted by molar-refractivity contribution is 7.15. The highest BCUT2D eigenvalue weighted by Crippen LogP contribution is 2.40. The van der Waals surface area contributed by atoms with Crippen molar-refractivity contribution in [1.82, 2.24) is 35.3 Å². The molecule has 0 aliphatic carbocycles. The predicted molar refractivity (Wildman–Crippen MR) is 258 cm³/mol. The van der Waals surface area contributed by atoms with Gasteiger partial charge in [0.2, 0.25) is 5.91 Å². The van der Waals surface area contributed by atoms with Gasteiger partial charge < -0.3 is 25.7 Å². The second-order valence-corrected chi connectivity index (χ2v) is 19.0. The first-order chi connectivity index (χ1) is 32.2. The Kier molecular flexibility index (Phi) is 12.5. The van der Waals surface area contributed by atoms with Gasteiger partial charge >= 0.3 is 5.97 Å². The number of carbonyl (C=O) groups is 4. The lowest BCUT2D eigenvalue weighted by atomic mass is 9.96. The zero-order valence-electron chi connectivity index (χ0n) is 37.4. The molecule has 14 nitrogen and oxygen atoms in total. The molecule has 1 fully saturated rings. The number of carboxylic acids is 1. The van der Waals surface area contributed by atoms with E-state index in [-0.39, 0.29) is 25.4 Å². The Morgan fingerprint density at radius 1 is 0.806 bits per heavy atom. The Morgan fingerprint density at radius 3 is 2.12 bits per heavy atom. The molecule has 5 heterocycles. The van der Waals surface area contributed by atoms with Crippen molar-refractivity contribution in [3.63, 3.8) is 0 Å². The maximum Gasteiger partial charge on any atom is 0.306 e. The van der Waals surface area contributed by atoms with E-state index in [0.29, 0.717) is 28.5 Å². The maximum absolute atomic E-state index is 14.5. The Hall–Kier alpha value is -7.14. The second kappa shape index (κ2) is 18.6. The van der Waals surface area contributed by atoms with E-state index in [9.17, 15) is 29.4 Å². The van der Waals surface area contributed by atoms with Crippen molar-refractivity contribution in [1.29, 1.82) is 0 Å². The average Bonchev–Trinajstić information content (AvgIpc) is 4.10. The van der Waals surface area contributed by atoms with Crippen molar-refractivity contribution in [3.05, 3.63) is 164 Å². The zero-order chi connectivity index (χ0) is 47.1. The number of aliphatic hydroxyl groups is 1. The van der Waals surface area contributed by atoms with E-state index in [1.807, 2.05) is 105 Å². The summed E-state index contributed by atoms with van der Waals surface area (Å²) in [5.41, 5.74) is 10.7. The minimum Gasteiger partial charge on any atom is -0.481 e. The van der Waals surface area contributed by atoms with Gasteiger partial charge in [0.25, 0.3) is 11.8 Å². The third-order valence-corrected chi connectivity index (χ3v) is 14.7. The van der Waals surface area contributed by atoms with E-state index < -0.39 is 47.9 Å². The quantitative estimate of drug-likeness (QED) is 0.0939. The van der Waals surface area contributed by atoms with Crippen molar-refractivity contribution in [2.24, 2.45) is 4.99 Å². The largest absolute Gasteiger partial charge is 0.481 e. The smallest absolute Gasteiger partial charge is 0.306 e. The minimum absolute atomic E-state index is 0.0584. The molecule has 2 aliphatic rings. The van der Waals surface area contributed by atoms with Gasteiger partial charge in [-0.15, -0.1) is 32.9 Å². The number of aliphatic hydroxyl groups excluding tert-OH is 1. The number of aliphatic carboxylic acids is 1. The Bertz CT molecular complexity index is 3030. The van der Waals surface area contributed by atoms with Crippen LogP contribution in [0.3, 0.4) is 0 Å². The number of nitrogens with zero attached hydrogens (tertiary/aromatic N) is 6. The monoisotopic (exact) mass is 932 g/mol. The molecule has 3 amide bonds. The third-order valence-electron chi connectivity index (χ3n) is 12.5. The third kappa shape index (κ3) is 8.94. The molecule has 4 aromatic carbocycles. The highest BCUT2D eigenvalue weighted by atomic mass is 32.1. The summed E-state index contributed by atoms with van der Waals surface area (Å²) in [7, 11) is 0. The number of carbonyl (C=O) groups excluding carboxylic acids is 3. The molecule has 0 spiro atoms. The molecule has 2 unspecified atom stereocenters. The van der Waals surface area contributed by atoms with Crippen LogP contribution in [0.2, 0.25) is 0 Å². The molecule has 2 aliphatic heterocycles. The summed E-state index contributed by atoms with van der Waals surface area (Å²) in [4.78, 5) is 67.3. The molecule has 0 radical (unpaired) electrons. The fourth-order valence-electron chi connectivity index (χ4n) is 8.84. The second-order valence-electron chi connectivity index (χ2n) is 17.0. The van der Waals surface area contributed by atoms with Gasteiger partial charge in [-0.25, -0.2) is 4.98 Å². The van der Waals surface area contributed by atoms with Crippen molar-refractivity contribution < 1.29 is 29.4 Å². The molecule has 9 rings (SSSR count). The fraction of sp³-hybridized carbons (Fsp3) is 0.255. The number of rotatable bonds is 12. The molecule has 7 aromatic rings. The van der Waals surface area contributed by atoms with E-state index in [1.54, 1.807) is 59.1 Å². The van der Waals surface area contributed by atoms with Crippen LogP contribution >= 0.6 is 22.7 Å². The van der Waals surface area contributed by atoms with E-state index in [2.05, 4.69) is 32.7 Å². The number of aliphatic imine (C=N–C) groups is 1. The number of β-amino-alcohol motifs (C(OH)–C–C–N with tert-alkyl or cyclic N) is 1. The van der Waals surface area contributed by atoms with Gasteiger partial charge in [-0.05, 0) is 80.1 Å². The van der Waals surface area contributed by atoms with Gasteiger partial charge in [0, 0.05) is 34.5 Å². The predicted octanol–water partition coefficient (Wildman–Crippen LogP) is 8.03. The summed E-state index contributed by atoms with van der Waals surface area (Å²) in [6, 6.07) is 28.5. The molecular formula is C51H48N8O6S2. The van der Waals surface area contributed by atoms with E-state index in [4.69, 9.17) is 4.99 Å². The van der Waals surface area contributed by atoms with Gasteiger partial charge in [0.05, 0.1) is 40.4 Å². The Balaban J connectivity index is 0.912. The molecular weight excluding hydrogens is 885 g/mol. The topological polar surface area (TPSA) is 192 Å². The van der Waals surface area contributed by atoms with Crippen LogP contribution in [0, 0.1) is 27.7 Å². The molecule has 16 heteroatoms. The number of hydrogen-bond donors (Lipinski definition) is 4. The van der Waals surface area contributed by atoms with Crippen LogP contribution in [-0.4, -0.2) is 83.0 Å². The van der Waals surface area contributed by atoms with E-state index >= 15 is 0 Å². The lowest BCUT2D eigenvalue weighted by Gasteiger charge is -2.29. The van der Waals surface area contributed by atoms with Crippen LogP contribution in [0.4, 0.5) is 0 Å². The summed E-state index contributed by atoms with van der Waals surface area (Å²) in [6.45, 7) is 9.73. The SMILES string of the molecule is Cc1ncsc1-c1ccc(C(C)NC(=O)[C@@H]2C[C@@H](O)CN2C(=O)C(NC(=O)c2ccc(-c3ccc(C4=N[C@@H](CC(=O)O)c5nnc(C)n5-c5sc(C)c(C)c54)cc3)cc2)c2ccccc2)cc1. The summed E-state index contributed by atoms with van der Waals surface area (Å²) in [5.74, 6) is -1.22. The lowest BCUT2D eigenvalue weighted by Crippen LogP contribution is -2.50. The van der Waals surface area contributed by atoms with Crippen molar-refractivity contribution >= 4 is 52.1 Å². The van der Waals surface area contributed by atoms with Gasteiger partial charge in [0.15, 0.2) is 5.82 Å². The van der Waals surface area contributed by atoms with E-state index in [1.165, 1.54) is 4.90 Å². The van der Waals surface area contributed by atoms with Gasteiger partial charge in [-0.1, -0.05) is 91.0 Å². The van der Waals surface area contributed by atoms with E-state index in [0.717, 1.165) is 59.4 Å². The lowest BCUT2D eigenvalue weighted by molar-refractivity contribution is -0.140. The fourth-order valence-corrected chi connectivity index (χ4v) is 10.9. The molecule has 340 valence electrons. The number of likely N-dealkylation sites (tertiary alicyclic amines) is 1. The number of amides is 3. The number of thiophene rings is 1. The number of hydrogen-bond acceptors (Lipinski definition) is 11. The first-order valence-corrected chi connectivity index (χ1v) is 23.6. The number of aryl methyl sites for hydroxylation is 3. The first kappa shape index (κ1) is 45.0. The van der Waals surface area contributed by atoms with Gasteiger partial charge in [-0.2, -0.15) is 0 Å². The van der Waals surface area contributed by atoms with Crippen molar-refractivity contribution in [2.45, 2.75) is 77.7 Å². The molecule has 0 saturated carbocycles. The van der Waals surface area contributed by atoms with Crippen LogP contribution in [0.15, 0.2) is 114 Å². The average molecular weight is 933 g/mol. The molecule has 0 bridgehead atoms. The molecule has 4 N–H and O–H groups in total. The number of thiazole rings is 1. The first-order valence-electron chi connectivity index (χ1n) is 21.9. The minimum atomic E-state index is -1.14. The van der Waals surface area contributed by atoms with Crippen LogP contribution in [-0.2, 0) is 14.4 Å². The van der Waals surface area contributed by atoms with Gasteiger partial charge in [0.1, 0.15) is 29.0 Å². The Morgan fingerprint density at radius 2 is 1.46 bits per heavy atom. The van der Waals surface area contributed by atoms with Gasteiger partial charge in [-0.3, -0.25) is 28.7 Å². The number of nitrogens with one attached hydrogen (secondary N) is 2. The number of benzene rings is 4. The number of carboxylic acid groups (broad SMARTS) is 1. The normalized spacial score (nSPS) is 17.4. The van der Waals surface area contributed by atoms with Crippen molar-refractivity contribution in [2.75, 3.05) is 6.54 Å². The number of fused-ring (bicyclic) bond motifs is 3. The maximum atomic E-state index is 14.5. The number of aromatic nitrogens is 4. The van der Waals surface area contributed by atoms with Crippen LogP contribution in [0.25, 0.3) is 26.6 Å². The molecule has 1 saturated heterocycles. The van der Waals surface area contributed by atoms with Crippen molar-refractivity contribution in [3.8, 4) is 26.6 Å². The standard InChI is InChI=1S/C51H48N8O6S2/c1-27-30(4)67-51-43(27)44(54-40(24-42(61)62)47-57-56-31(5)59(47)51)36-17-13-33(14-18-36)34-15-21-38(22-16-34)48(63)55-45(35-9-7-6-8-10-35)50(65)58-25-39(60)23-41(58)49(64)53-28(2)32-11-19-37(20-12-32)46-29(3)52-26-66-46/h6-22,26,28,39-41,45,60H,23-25H2,1-5H3,(H,53,64)(H,55,63)(H,61,62)/t28?,39-,40+,41+,45?/m1/s1.